The minimum absolute atomic E-state index is 0.233. The summed E-state index contributed by atoms with van der Waals surface area (Å²) in [4.78, 5) is 63.8. The van der Waals surface area contributed by atoms with Gasteiger partial charge in [0, 0.05) is 27.7 Å². The second-order valence-electron chi connectivity index (χ2n) is 35.3. The van der Waals surface area contributed by atoms with E-state index < -0.39 is 453 Å². The number of hydrogen-bond donors (Lipinski definition) is 36. The third-order valence-corrected chi connectivity index (χ3v) is 25.5. The molecule has 11 rings (SSSR count). The number of aliphatic hydroxyl groups is 31. The van der Waals surface area contributed by atoms with Gasteiger partial charge < -0.3 is 289 Å². The first-order chi connectivity index (χ1) is 66.9. The van der Waals surface area contributed by atoms with Gasteiger partial charge in [0.2, 0.25) is 30.0 Å². The first kappa shape index (κ1) is 117. The number of carbonyl (C=O) groups is 5. The number of rotatable bonds is 41. The van der Waals surface area contributed by atoms with Crippen LogP contribution in [0.1, 0.15) is 27.7 Å². The summed E-state index contributed by atoms with van der Waals surface area (Å²) < 4.78 is 130. The fourth-order valence-corrected chi connectivity index (χ4v) is 18.0. The van der Waals surface area contributed by atoms with E-state index >= 15 is 0 Å². The molecule has 36 N–H and O–H groups in total. The van der Waals surface area contributed by atoms with Crippen LogP contribution in [0.3, 0.4) is 0 Å². The van der Waals surface area contributed by atoms with Crippen molar-refractivity contribution in [2.75, 3.05) is 85.9 Å². The molecule has 11 heterocycles. The SMILES string of the molecule is CC(=O)N[C@H]1[C@H](OC[C@H]2O[C@@H](O[C@H]3[C@H](O)[C@@H](NC(C)=O)[C@H](O[C@H]4[C@@H](O)[C@@H](CO)O[C@@H](O[C@H]5[C@H](O)[C@@H](O)[C@H](OC[C@@H](CO)NC=O)O[C@@H]5CO)[C@@H]4O)O[C@@H]3CO)[C@H](O)[C@@H](O[C@@H]3O[C@H](CO)[C@@H](O[C@@H]4O[C@H](CO)[C@H](O)[C@H](O[C@@H]5O[C@H](CO)[C@@H](O[C@@H]6O[C@H](CO)[C@H](O)[C@H](O[C@H]7O[C@H](CO)[C@H](O)[C@H](O)[C@H]7O)[C@H]6O)[C@H](O)[C@H]5NC(C)=O)[C@H]4O)[C@H](O)[C@H]3NC(C)=O)[C@H]2O)O[C@H](CO)[C@@H](O[C@@H]2O[C@H](CO)[C@H](O)[C@H](O)[C@H]2O)[C@@H]1O. The molecule has 11 aliphatic heterocycles. The zero-order valence-electron chi connectivity index (χ0n) is 75.5. The van der Waals surface area contributed by atoms with Crippen LogP contribution in [-0.4, -0.2) is 618 Å². The van der Waals surface area contributed by atoms with E-state index in [0.29, 0.717) is 0 Å². The van der Waals surface area contributed by atoms with E-state index in [1.807, 2.05) is 0 Å². The van der Waals surface area contributed by atoms with Gasteiger partial charge in [-0.1, -0.05) is 0 Å². The van der Waals surface area contributed by atoms with Crippen LogP contribution >= 0.6 is 0 Å². The molecular formula is C78H131N5O58. The summed E-state index contributed by atoms with van der Waals surface area (Å²) in [5.74, 6) is -4.02. The molecule has 11 saturated heterocycles. The van der Waals surface area contributed by atoms with Crippen LogP contribution in [0.4, 0.5) is 0 Å². The number of amides is 5. The molecule has 0 aromatic heterocycles. The smallest absolute Gasteiger partial charge is 0.217 e. The van der Waals surface area contributed by atoms with Gasteiger partial charge in [0.15, 0.2) is 69.2 Å². The summed E-state index contributed by atoms with van der Waals surface area (Å²) in [6.07, 6.45) is -107. The van der Waals surface area contributed by atoms with Crippen molar-refractivity contribution in [3.8, 4) is 0 Å². The number of ether oxygens (including phenoxy) is 22. The summed E-state index contributed by atoms with van der Waals surface area (Å²) in [6.45, 7) is -10.0. The molecule has 0 aromatic rings. The monoisotopic (exact) mass is 2070 g/mol. The van der Waals surface area contributed by atoms with E-state index in [0.717, 1.165) is 27.7 Å². The Hall–Kier alpha value is -4.77. The molecule has 0 radical (unpaired) electrons. The Morgan fingerprint density at radius 3 is 0.716 bits per heavy atom. The van der Waals surface area contributed by atoms with Crippen molar-refractivity contribution < 1.29 is 286 Å². The topological polar surface area (TPSA) is 976 Å². The van der Waals surface area contributed by atoms with Crippen molar-refractivity contribution in [1.29, 1.82) is 0 Å². The van der Waals surface area contributed by atoms with Crippen LogP contribution in [0.2, 0.25) is 0 Å². The summed E-state index contributed by atoms with van der Waals surface area (Å²) in [5, 5.41) is 358. The standard InChI is InChI=1S/C78H131N5O58/c1-19(96)80-35-45(106)59(133-73-52(113)49(110)39(100)24(6-85)122-73)29(11-90)127-68(35)121-17-34-44(105)67(58(119)78(132-34)136-62-32(14-93)129-70(37(48(62)109)82-21(3)98)139-65-42(103)27(9-88)126-77(56(65)117)137-63-33(15-94)131-72(54(115)51(63)112)120-16-23(5-84)79-18-95)140-71-38(83-22(4)99)47(108)60(31(13-92)130-71)134-75-55(116)64(41(102)26(8-87)124-75)138-69-36(81-20(2)97)46(107)61(30(12-91)128-69)135-76-57(118)66(43(104)28(10-89)125-76)141-74-53(114)50(111)40(101)25(7-86)123-74/h18,23-78,84-94,100-119H,5-17H2,1-4H3,(H,79,95)(H,80,96)(H,81,97)(H,82,98)(H,83,99)/t23-,24-,25-,26-,27-,28-,29-,30-,31-,32-,33-,34-,35-,36-,37-,38-,39+,40+,41+,42+,43+,44+,45-,46-,47-,48-,49+,50+,51-,52-,53-,54-,55-,56-,57-,58-,59-,60-,61-,62-,63-,64+,65+,66+,67+,68-,69+,70+,71+,72-,73+,74-,75+,76+,77+,78+/m1/s1. The van der Waals surface area contributed by atoms with Gasteiger partial charge in [0.25, 0.3) is 0 Å². The highest BCUT2D eigenvalue weighted by atomic mass is 16.8. The van der Waals surface area contributed by atoms with E-state index in [2.05, 4.69) is 26.6 Å². The van der Waals surface area contributed by atoms with Crippen molar-refractivity contribution in [1.82, 2.24) is 26.6 Å². The third kappa shape index (κ3) is 26.3. The zero-order valence-corrected chi connectivity index (χ0v) is 75.5. The minimum atomic E-state index is -2.61. The Bertz CT molecular complexity index is 3840. The van der Waals surface area contributed by atoms with E-state index in [-0.39, 0.29) is 6.41 Å². The molecular weight excluding hydrogens is 1930 g/mol. The molecule has 63 heteroatoms. The molecule has 816 valence electrons. The maximum Gasteiger partial charge on any atom is 0.217 e. The van der Waals surface area contributed by atoms with Crippen molar-refractivity contribution in [3.05, 3.63) is 0 Å². The average molecular weight is 2070 g/mol. The number of hydrogen-bond acceptors (Lipinski definition) is 58. The van der Waals surface area contributed by atoms with Crippen molar-refractivity contribution in [3.63, 3.8) is 0 Å². The average Bonchev–Trinajstić information content (AvgIpc) is 0.766. The molecule has 11 fully saturated rings. The lowest BCUT2D eigenvalue weighted by molar-refractivity contribution is -0.392. The lowest BCUT2D eigenvalue weighted by Gasteiger charge is -2.51. The van der Waals surface area contributed by atoms with Gasteiger partial charge in [-0.25, -0.2) is 0 Å². The Morgan fingerprint density at radius 1 is 0.234 bits per heavy atom. The quantitative estimate of drug-likeness (QED) is 0.0253. The fraction of sp³-hybridized carbons (Fsp3) is 0.936. The van der Waals surface area contributed by atoms with E-state index in [1.54, 1.807) is 0 Å². The predicted octanol–water partition coefficient (Wildman–Crippen LogP) is -25.3. The van der Waals surface area contributed by atoms with Crippen molar-refractivity contribution in [2.45, 2.75) is 371 Å². The number of aliphatic hydroxyl groups excluding tert-OH is 31. The maximum absolute atomic E-state index is 13.4. The molecule has 0 spiro atoms. The van der Waals surface area contributed by atoms with Crippen LogP contribution < -0.4 is 26.6 Å². The van der Waals surface area contributed by atoms with Crippen LogP contribution in [0.5, 0.6) is 0 Å². The van der Waals surface area contributed by atoms with Crippen LogP contribution in [0, 0.1) is 0 Å². The Labute approximate surface area is 797 Å². The Balaban J connectivity index is 0.854. The molecule has 141 heavy (non-hydrogen) atoms. The molecule has 5 amide bonds. The van der Waals surface area contributed by atoms with Crippen LogP contribution in [0.25, 0.3) is 0 Å². The zero-order chi connectivity index (χ0) is 104. The fourth-order valence-electron chi connectivity index (χ4n) is 18.0. The van der Waals surface area contributed by atoms with Gasteiger partial charge in [-0.05, 0) is 0 Å². The predicted molar refractivity (Wildman–Crippen MR) is 433 cm³/mol. The van der Waals surface area contributed by atoms with Gasteiger partial charge in [0.05, 0.1) is 91.9 Å². The normalized spacial score (nSPS) is 48.1. The third-order valence-electron chi connectivity index (χ3n) is 25.5. The number of carbonyl (C=O) groups excluding carboxylic acids is 5. The first-order valence-electron chi connectivity index (χ1n) is 44.9. The van der Waals surface area contributed by atoms with Gasteiger partial charge in [0.1, 0.15) is 268 Å². The lowest BCUT2D eigenvalue weighted by Crippen LogP contribution is -2.71. The van der Waals surface area contributed by atoms with E-state index in [4.69, 9.17) is 104 Å². The summed E-state index contributed by atoms with van der Waals surface area (Å²) in [7, 11) is 0. The Morgan fingerprint density at radius 2 is 0.447 bits per heavy atom. The molecule has 11 aliphatic rings. The second-order valence-corrected chi connectivity index (χ2v) is 35.3. The van der Waals surface area contributed by atoms with Gasteiger partial charge in [-0.2, -0.15) is 0 Å². The maximum atomic E-state index is 13.4. The molecule has 0 saturated carbocycles. The minimum Gasteiger partial charge on any atom is -0.394 e. The number of nitrogens with one attached hydrogen (secondary N) is 5. The highest BCUT2D eigenvalue weighted by Gasteiger charge is 2.63. The van der Waals surface area contributed by atoms with Crippen LogP contribution in [0.15, 0.2) is 0 Å². The molecule has 0 aromatic carbocycles. The second kappa shape index (κ2) is 52.1. The molecule has 63 nitrogen and oxygen atoms in total. The summed E-state index contributed by atoms with van der Waals surface area (Å²) >= 11 is 0. The highest BCUT2D eigenvalue weighted by molar-refractivity contribution is 5.74. The molecule has 0 unspecified atom stereocenters. The Kier molecular flexibility index (Phi) is 43.1. The van der Waals surface area contributed by atoms with E-state index in [9.17, 15) is 182 Å². The summed E-state index contributed by atoms with van der Waals surface area (Å²) in [5.41, 5.74) is 0. The summed E-state index contributed by atoms with van der Waals surface area (Å²) in [6, 6.07) is -9.13. The van der Waals surface area contributed by atoms with Gasteiger partial charge >= 0.3 is 0 Å². The molecule has 0 bridgehead atoms. The van der Waals surface area contributed by atoms with Gasteiger partial charge in [-0.3, -0.25) is 24.0 Å². The molecule has 56 atom stereocenters. The van der Waals surface area contributed by atoms with Crippen LogP contribution in [-0.2, 0) is 128 Å². The first-order valence-corrected chi connectivity index (χ1v) is 44.9. The molecule has 0 aliphatic carbocycles. The van der Waals surface area contributed by atoms with Crippen molar-refractivity contribution in [2.24, 2.45) is 0 Å². The van der Waals surface area contributed by atoms with Gasteiger partial charge in [-0.15, -0.1) is 0 Å². The largest absolute Gasteiger partial charge is 0.394 e. The highest BCUT2D eigenvalue weighted by Crippen LogP contribution is 2.42. The van der Waals surface area contributed by atoms with E-state index in [1.165, 1.54) is 0 Å². The van der Waals surface area contributed by atoms with Crippen molar-refractivity contribution >= 4 is 30.0 Å². The lowest BCUT2D eigenvalue weighted by atomic mass is 9.93.